The first-order valence-corrected chi connectivity index (χ1v) is 4.11. The largest absolute Gasteiger partial charge is 0.330 e. The Kier molecular flexibility index (Phi) is 1.94. The van der Waals surface area contributed by atoms with Gasteiger partial charge in [-0.3, -0.25) is 9.89 Å². The molecule has 0 radical (unpaired) electrons. The number of nitrogens with one attached hydrogen (secondary N) is 1. The fourth-order valence-electron chi connectivity index (χ4n) is 1.37. The minimum absolute atomic E-state index is 0.00250. The number of H-pyrrole nitrogens is 1. The molecule has 1 aromatic rings. The number of likely N-dealkylation sites (tertiary alicyclic amines) is 1. The highest BCUT2D eigenvalue weighted by Gasteiger charge is 2.40. The average molecular weight is 202 g/mol. The first-order chi connectivity index (χ1) is 6.58. The lowest BCUT2D eigenvalue weighted by molar-refractivity contribution is 0.0118. The van der Waals surface area contributed by atoms with E-state index in [0.29, 0.717) is 0 Å². The Morgan fingerprint density at radius 2 is 2.43 bits per heavy atom. The molecular formula is C7H8F2N4O. The third kappa shape index (κ3) is 1.57. The number of carbonyl (C=O) groups excluding carboxylic acids is 1. The number of aromatic amines is 1. The van der Waals surface area contributed by atoms with Gasteiger partial charge >= 0.3 is 0 Å². The smallest absolute Gasteiger partial charge is 0.291 e. The van der Waals surface area contributed by atoms with E-state index in [1.54, 1.807) is 0 Å². The zero-order chi connectivity index (χ0) is 10.2. The van der Waals surface area contributed by atoms with E-state index in [2.05, 4.69) is 15.2 Å². The predicted octanol–water partition coefficient (Wildman–Crippen LogP) is 0.286. The molecule has 76 valence electrons. The molecule has 1 saturated heterocycles. The molecule has 7 heteroatoms. The second-order valence-corrected chi connectivity index (χ2v) is 3.17. The summed E-state index contributed by atoms with van der Waals surface area (Å²) in [4.78, 5) is 16.1. The molecule has 1 aromatic heterocycles. The summed E-state index contributed by atoms with van der Waals surface area (Å²) in [6, 6.07) is 0. The van der Waals surface area contributed by atoms with E-state index in [4.69, 9.17) is 0 Å². The molecule has 1 amide bonds. The minimum atomic E-state index is -2.77. The van der Waals surface area contributed by atoms with Gasteiger partial charge in [0.2, 0.25) is 5.82 Å². The first-order valence-electron chi connectivity index (χ1n) is 4.11. The third-order valence-corrected chi connectivity index (χ3v) is 2.07. The van der Waals surface area contributed by atoms with E-state index < -0.39 is 18.4 Å². The van der Waals surface area contributed by atoms with Crippen LogP contribution in [0.25, 0.3) is 0 Å². The van der Waals surface area contributed by atoms with Crippen molar-refractivity contribution in [2.24, 2.45) is 0 Å². The Morgan fingerprint density at radius 1 is 1.64 bits per heavy atom. The quantitative estimate of drug-likeness (QED) is 0.711. The SMILES string of the molecule is O=C(c1ncn[nH]1)N1CCC(F)(F)C1. The molecule has 2 heterocycles. The number of hydrogen-bond acceptors (Lipinski definition) is 3. The molecule has 0 saturated carbocycles. The van der Waals surface area contributed by atoms with Crippen molar-refractivity contribution >= 4 is 5.91 Å². The molecular weight excluding hydrogens is 194 g/mol. The molecule has 0 spiro atoms. The monoisotopic (exact) mass is 202 g/mol. The fraction of sp³-hybridized carbons (Fsp3) is 0.571. The molecule has 0 atom stereocenters. The fourth-order valence-corrected chi connectivity index (χ4v) is 1.37. The van der Waals surface area contributed by atoms with Crippen molar-refractivity contribution in [3.05, 3.63) is 12.2 Å². The summed E-state index contributed by atoms with van der Waals surface area (Å²) in [7, 11) is 0. The van der Waals surface area contributed by atoms with E-state index in [1.165, 1.54) is 6.33 Å². The van der Waals surface area contributed by atoms with E-state index in [9.17, 15) is 13.6 Å². The number of aromatic nitrogens is 3. The van der Waals surface area contributed by atoms with Gasteiger partial charge in [0.1, 0.15) is 6.33 Å². The van der Waals surface area contributed by atoms with E-state index in [-0.39, 0.29) is 18.8 Å². The predicted molar refractivity (Wildman–Crippen MR) is 41.9 cm³/mol. The molecule has 1 N–H and O–H groups in total. The lowest BCUT2D eigenvalue weighted by atomic mass is 10.3. The molecule has 0 bridgehead atoms. The molecule has 5 nitrogen and oxygen atoms in total. The summed E-state index contributed by atoms with van der Waals surface area (Å²) in [6.45, 7) is -0.473. The summed E-state index contributed by atoms with van der Waals surface area (Å²) >= 11 is 0. The molecule has 0 aromatic carbocycles. The highest BCUT2D eigenvalue weighted by molar-refractivity contribution is 5.90. The van der Waals surface area contributed by atoms with Crippen molar-refractivity contribution in [2.45, 2.75) is 12.3 Å². The Bertz CT molecular complexity index is 337. The number of nitrogens with zero attached hydrogens (tertiary/aromatic N) is 3. The van der Waals surface area contributed by atoms with Crippen LogP contribution in [0.3, 0.4) is 0 Å². The van der Waals surface area contributed by atoms with Crippen molar-refractivity contribution in [3.8, 4) is 0 Å². The second-order valence-electron chi connectivity index (χ2n) is 3.17. The highest BCUT2D eigenvalue weighted by atomic mass is 19.3. The van der Waals surface area contributed by atoms with Crippen LogP contribution in [-0.2, 0) is 0 Å². The Morgan fingerprint density at radius 3 is 2.93 bits per heavy atom. The van der Waals surface area contributed by atoms with Gasteiger partial charge in [-0.25, -0.2) is 13.8 Å². The molecule has 0 aliphatic carbocycles. The average Bonchev–Trinajstić information content (AvgIpc) is 2.72. The number of hydrogen-bond donors (Lipinski definition) is 1. The lowest BCUT2D eigenvalue weighted by Gasteiger charge is -2.13. The zero-order valence-corrected chi connectivity index (χ0v) is 7.20. The summed E-state index contributed by atoms with van der Waals surface area (Å²) in [5, 5.41) is 5.82. The van der Waals surface area contributed by atoms with Crippen LogP contribution in [0.15, 0.2) is 6.33 Å². The van der Waals surface area contributed by atoms with E-state index in [0.717, 1.165) is 4.90 Å². The van der Waals surface area contributed by atoms with Crippen molar-refractivity contribution in [1.29, 1.82) is 0 Å². The number of rotatable bonds is 1. The van der Waals surface area contributed by atoms with Crippen molar-refractivity contribution in [2.75, 3.05) is 13.1 Å². The van der Waals surface area contributed by atoms with Gasteiger partial charge < -0.3 is 4.90 Å². The maximum Gasteiger partial charge on any atom is 0.291 e. The second kappa shape index (κ2) is 3.00. The van der Waals surface area contributed by atoms with Crippen molar-refractivity contribution in [3.63, 3.8) is 0 Å². The minimum Gasteiger partial charge on any atom is -0.330 e. The number of halogens is 2. The number of carbonyl (C=O) groups is 1. The van der Waals surface area contributed by atoms with Gasteiger partial charge in [-0.2, -0.15) is 5.10 Å². The van der Waals surface area contributed by atoms with Gasteiger partial charge in [0.25, 0.3) is 11.8 Å². The van der Waals surface area contributed by atoms with Crippen LogP contribution >= 0.6 is 0 Å². The molecule has 1 fully saturated rings. The molecule has 2 rings (SSSR count). The van der Waals surface area contributed by atoms with Gasteiger partial charge in [-0.1, -0.05) is 0 Å². The van der Waals surface area contributed by atoms with Crippen LogP contribution in [0.1, 0.15) is 17.0 Å². The topological polar surface area (TPSA) is 61.9 Å². The van der Waals surface area contributed by atoms with Crippen LogP contribution < -0.4 is 0 Å². The van der Waals surface area contributed by atoms with Gasteiger partial charge in [0, 0.05) is 13.0 Å². The summed E-state index contributed by atoms with van der Waals surface area (Å²) < 4.78 is 25.5. The van der Waals surface area contributed by atoms with Crippen LogP contribution in [-0.4, -0.2) is 45.0 Å². The maximum absolute atomic E-state index is 12.8. The van der Waals surface area contributed by atoms with Gasteiger partial charge in [0.05, 0.1) is 6.54 Å². The first kappa shape index (κ1) is 9.04. The molecule has 0 unspecified atom stereocenters. The van der Waals surface area contributed by atoms with Gasteiger partial charge in [-0.15, -0.1) is 0 Å². The zero-order valence-electron chi connectivity index (χ0n) is 7.20. The van der Waals surface area contributed by atoms with Crippen molar-refractivity contribution in [1.82, 2.24) is 20.1 Å². The summed E-state index contributed by atoms with van der Waals surface area (Å²) in [5.41, 5.74) is 0. The van der Waals surface area contributed by atoms with Gasteiger partial charge in [-0.05, 0) is 0 Å². The number of alkyl halides is 2. The van der Waals surface area contributed by atoms with Crippen LogP contribution in [0.2, 0.25) is 0 Å². The van der Waals surface area contributed by atoms with Crippen molar-refractivity contribution < 1.29 is 13.6 Å². The summed E-state index contributed by atoms with van der Waals surface area (Å²) in [6.07, 6.45) is 0.883. The highest BCUT2D eigenvalue weighted by Crippen LogP contribution is 2.27. The lowest BCUT2D eigenvalue weighted by Crippen LogP contribution is -2.32. The van der Waals surface area contributed by atoms with E-state index >= 15 is 0 Å². The Labute approximate surface area is 78.1 Å². The Hall–Kier alpha value is -1.53. The molecule has 14 heavy (non-hydrogen) atoms. The molecule has 1 aliphatic rings. The maximum atomic E-state index is 12.8. The van der Waals surface area contributed by atoms with Crippen LogP contribution in [0, 0.1) is 0 Å². The Balaban J connectivity index is 2.08. The van der Waals surface area contributed by atoms with E-state index in [1.807, 2.05) is 0 Å². The normalized spacial score (nSPS) is 20.0. The van der Waals surface area contributed by atoms with Gasteiger partial charge in [0.15, 0.2) is 0 Å². The number of amides is 1. The van der Waals surface area contributed by atoms with Crippen LogP contribution in [0.5, 0.6) is 0 Å². The third-order valence-electron chi connectivity index (χ3n) is 2.07. The molecule has 1 aliphatic heterocycles. The standard InChI is InChI=1S/C7H8F2N4O/c8-7(9)1-2-13(3-7)6(14)5-10-4-11-12-5/h4H,1-3H2,(H,10,11,12). The summed E-state index contributed by atoms with van der Waals surface area (Å²) in [5.74, 6) is -3.29. The van der Waals surface area contributed by atoms with Crippen LogP contribution in [0.4, 0.5) is 8.78 Å².